The Balaban J connectivity index is 2.05. The molecule has 2 heterocycles. The van der Waals surface area contributed by atoms with E-state index in [-0.39, 0.29) is 5.91 Å². The second-order valence-electron chi connectivity index (χ2n) is 6.42. The van der Waals surface area contributed by atoms with Gasteiger partial charge in [-0.3, -0.25) is 4.79 Å². The molecule has 2 aliphatic heterocycles. The summed E-state index contributed by atoms with van der Waals surface area (Å²) in [5.41, 5.74) is 0.310. The third-order valence-corrected chi connectivity index (χ3v) is 4.86. The largest absolute Gasteiger partial charge is 0.373 e. The summed E-state index contributed by atoms with van der Waals surface area (Å²) in [4.78, 5) is 16.6. The molecule has 2 aliphatic rings. The van der Waals surface area contributed by atoms with Crippen molar-refractivity contribution in [3.05, 3.63) is 11.8 Å². The summed E-state index contributed by atoms with van der Waals surface area (Å²) in [5, 5.41) is 9.38. The van der Waals surface area contributed by atoms with Gasteiger partial charge in [0.1, 0.15) is 11.6 Å². The maximum Gasteiger partial charge on any atom is 0.266 e. The number of rotatable bonds is 3. The average Bonchev–Trinajstić information content (AvgIpc) is 2.53. The predicted octanol–water partition coefficient (Wildman–Crippen LogP) is 2.92. The van der Waals surface area contributed by atoms with Crippen LogP contribution in [0.3, 0.4) is 0 Å². The molecule has 1 unspecified atom stereocenters. The first-order chi connectivity index (χ1) is 10.2. The first-order valence-electron chi connectivity index (χ1n) is 8.32. The molecule has 4 heteroatoms. The first-order valence-corrected chi connectivity index (χ1v) is 8.32. The zero-order valence-corrected chi connectivity index (χ0v) is 13.3. The Kier molecular flexibility index (Phi) is 5.67. The van der Waals surface area contributed by atoms with Crippen molar-refractivity contribution in [1.82, 2.24) is 9.80 Å². The number of carbonyl (C=O) groups is 1. The monoisotopic (exact) mass is 289 g/mol. The number of carbonyl (C=O) groups excluding carboxylic acids is 1. The molecular formula is C17H27N3O. The zero-order chi connectivity index (χ0) is 15.2. The number of nitrogens with zero attached hydrogens (tertiary/aromatic N) is 3. The molecule has 0 spiro atoms. The number of hydrogen-bond donors (Lipinski definition) is 0. The molecule has 0 aromatic carbocycles. The molecule has 2 saturated heterocycles. The minimum Gasteiger partial charge on any atom is -0.373 e. The Labute approximate surface area is 128 Å². The SMILES string of the molecule is CCC1CCCCN1/C=C(/C#N)C(=O)N1CCC(C)CC1. The summed E-state index contributed by atoms with van der Waals surface area (Å²) in [6, 6.07) is 2.61. The summed E-state index contributed by atoms with van der Waals surface area (Å²) in [7, 11) is 0. The van der Waals surface area contributed by atoms with Crippen molar-refractivity contribution in [1.29, 1.82) is 5.26 Å². The van der Waals surface area contributed by atoms with Crippen LogP contribution in [0.1, 0.15) is 52.4 Å². The molecule has 0 aromatic heterocycles. The van der Waals surface area contributed by atoms with Gasteiger partial charge in [-0.15, -0.1) is 0 Å². The maximum atomic E-state index is 12.5. The van der Waals surface area contributed by atoms with Gasteiger partial charge in [0.15, 0.2) is 0 Å². The number of likely N-dealkylation sites (tertiary alicyclic amines) is 2. The number of piperidine rings is 2. The van der Waals surface area contributed by atoms with Crippen molar-refractivity contribution in [2.75, 3.05) is 19.6 Å². The second-order valence-corrected chi connectivity index (χ2v) is 6.42. The van der Waals surface area contributed by atoms with E-state index >= 15 is 0 Å². The zero-order valence-electron chi connectivity index (χ0n) is 13.3. The fraction of sp³-hybridized carbons (Fsp3) is 0.765. The molecule has 21 heavy (non-hydrogen) atoms. The van der Waals surface area contributed by atoms with E-state index in [1.165, 1.54) is 12.8 Å². The molecular weight excluding hydrogens is 262 g/mol. The van der Waals surface area contributed by atoms with E-state index in [0.29, 0.717) is 17.5 Å². The van der Waals surface area contributed by atoms with Gasteiger partial charge in [0.2, 0.25) is 0 Å². The van der Waals surface area contributed by atoms with Gasteiger partial charge in [-0.1, -0.05) is 13.8 Å². The van der Waals surface area contributed by atoms with E-state index in [9.17, 15) is 10.1 Å². The van der Waals surface area contributed by atoms with Gasteiger partial charge < -0.3 is 9.80 Å². The van der Waals surface area contributed by atoms with Crippen LogP contribution in [-0.4, -0.2) is 41.4 Å². The van der Waals surface area contributed by atoms with Crippen LogP contribution < -0.4 is 0 Å². The minimum absolute atomic E-state index is 0.0789. The van der Waals surface area contributed by atoms with Gasteiger partial charge in [-0.25, -0.2) is 0 Å². The van der Waals surface area contributed by atoms with Gasteiger partial charge in [0, 0.05) is 31.9 Å². The highest BCUT2D eigenvalue weighted by molar-refractivity contribution is 5.97. The minimum atomic E-state index is -0.0789. The smallest absolute Gasteiger partial charge is 0.266 e. The van der Waals surface area contributed by atoms with Gasteiger partial charge in [0.25, 0.3) is 5.91 Å². The summed E-state index contributed by atoms with van der Waals surface area (Å²) in [5.74, 6) is 0.611. The highest BCUT2D eigenvalue weighted by atomic mass is 16.2. The van der Waals surface area contributed by atoms with Crippen molar-refractivity contribution in [2.24, 2.45) is 5.92 Å². The molecule has 0 radical (unpaired) electrons. The topological polar surface area (TPSA) is 47.3 Å². The van der Waals surface area contributed by atoms with Crippen LogP contribution in [0.15, 0.2) is 11.8 Å². The molecule has 2 rings (SSSR count). The van der Waals surface area contributed by atoms with E-state index in [1.807, 2.05) is 11.1 Å². The fourth-order valence-electron chi connectivity index (χ4n) is 3.31. The highest BCUT2D eigenvalue weighted by Gasteiger charge is 2.25. The lowest BCUT2D eigenvalue weighted by Crippen LogP contribution is -2.40. The normalized spacial score (nSPS) is 24.8. The molecule has 1 atom stereocenters. The van der Waals surface area contributed by atoms with Crippen molar-refractivity contribution >= 4 is 5.91 Å². The molecule has 0 bridgehead atoms. The van der Waals surface area contributed by atoms with Gasteiger partial charge in [-0.2, -0.15) is 5.26 Å². The average molecular weight is 289 g/mol. The standard InChI is InChI=1S/C17H27N3O/c1-3-16-6-4-5-9-20(16)13-15(12-18)17(21)19-10-7-14(2)8-11-19/h13-14,16H,3-11H2,1-2H3/b15-13-. The van der Waals surface area contributed by atoms with Crippen LogP contribution in [0.5, 0.6) is 0 Å². The summed E-state index contributed by atoms with van der Waals surface area (Å²) >= 11 is 0. The van der Waals surface area contributed by atoms with Crippen molar-refractivity contribution in [3.8, 4) is 6.07 Å². The van der Waals surface area contributed by atoms with Gasteiger partial charge >= 0.3 is 0 Å². The van der Waals surface area contributed by atoms with Crippen molar-refractivity contribution in [3.63, 3.8) is 0 Å². The maximum absolute atomic E-state index is 12.5. The van der Waals surface area contributed by atoms with E-state index in [4.69, 9.17) is 0 Å². The van der Waals surface area contributed by atoms with Gasteiger partial charge in [-0.05, 0) is 44.4 Å². The van der Waals surface area contributed by atoms with Crippen LogP contribution in [0, 0.1) is 17.2 Å². The fourth-order valence-corrected chi connectivity index (χ4v) is 3.31. The molecule has 4 nitrogen and oxygen atoms in total. The Morgan fingerprint density at radius 1 is 1.24 bits per heavy atom. The Morgan fingerprint density at radius 3 is 2.57 bits per heavy atom. The molecule has 0 saturated carbocycles. The predicted molar refractivity (Wildman–Crippen MR) is 83.3 cm³/mol. The quantitative estimate of drug-likeness (QED) is 0.593. The Bertz CT molecular complexity index is 430. The lowest BCUT2D eigenvalue weighted by atomic mass is 9.98. The number of amides is 1. The van der Waals surface area contributed by atoms with Crippen LogP contribution in [0.4, 0.5) is 0 Å². The van der Waals surface area contributed by atoms with E-state index < -0.39 is 0 Å². The van der Waals surface area contributed by atoms with Crippen LogP contribution in [0.2, 0.25) is 0 Å². The summed E-state index contributed by atoms with van der Waals surface area (Å²) < 4.78 is 0. The molecule has 2 fully saturated rings. The molecule has 0 aromatic rings. The molecule has 0 aliphatic carbocycles. The first kappa shape index (κ1) is 15.9. The second kappa shape index (κ2) is 7.49. The van der Waals surface area contributed by atoms with E-state index in [0.717, 1.165) is 45.3 Å². The third kappa shape index (κ3) is 4.00. The number of hydrogen-bond acceptors (Lipinski definition) is 3. The molecule has 1 amide bonds. The van der Waals surface area contributed by atoms with E-state index in [2.05, 4.69) is 24.8 Å². The highest BCUT2D eigenvalue weighted by Crippen LogP contribution is 2.22. The lowest BCUT2D eigenvalue weighted by Gasteiger charge is -2.35. The van der Waals surface area contributed by atoms with Crippen LogP contribution >= 0.6 is 0 Å². The lowest BCUT2D eigenvalue weighted by molar-refractivity contribution is -0.128. The van der Waals surface area contributed by atoms with E-state index in [1.54, 1.807) is 0 Å². The molecule has 0 N–H and O–H groups in total. The van der Waals surface area contributed by atoms with Crippen molar-refractivity contribution in [2.45, 2.75) is 58.4 Å². The van der Waals surface area contributed by atoms with Crippen molar-refractivity contribution < 1.29 is 4.79 Å². The third-order valence-electron chi connectivity index (χ3n) is 4.86. The summed E-state index contributed by atoms with van der Waals surface area (Å²) in [6.45, 7) is 6.94. The number of nitriles is 1. The Morgan fingerprint density at radius 2 is 1.95 bits per heavy atom. The Hall–Kier alpha value is -1.50. The molecule has 116 valence electrons. The van der Waals surface area contributed by atoms with Gasteiger partial charge in [0.05, 0.1) is 0 Å². The summed E-state index contributed by atoms with van der Waals surface area (Å²) in [6.07, 6.45) is 8.57. The van der Waals surface area contributed by atoms with Crippen LogP contribution in [-0.2, 0) is 4.79 Å². The van der Waals surface area contributed by atoms with Crippen LogP contribution in [0.25, 0.3) is 0 Å².